The first-order valence-electron chi connectivity index (χ1n) is 7.83. The smallest absolute Gasteiger partial charge is 0.245 e. The van der Waals surface area contributed by atoms with E-state index >= 15 is 0 Å². The van der Waals surface area contributed by atoms with Crippen LogP contribution in [0.4, 0.5) is 0 Å². The number of nitrogens with zero attached hydrogens (tertiary/aromatic N) is 5. The number of hydrogen-bond acceptors (Lipinski definition) is 5. The lowest BCUT2D eigenvalue weighted by atomic mass is 9.99. The number of fused-ring (bicyclic) bond motifs is 1. The summed E-state index contributed by atoms with van der Waals surface area (Å²) in [4.78, 5) is 7.39. The molecule has 0 radical (unpaired) electrons. The first-order valence-corrected chi connectivity index (χ1v) is 9.27. The largest absolute Gasteiger partial charge is 0.345 e. The van der Waals surface area contributed by atoms with Crippen LogP contribution in [0.5, 0.6) is 0 Å². The van der Waals surface area contributed by atoms with E-state index in [0.717, 1.165) is 18.7 Å². The van der Waals surface area contributed by atoms with E-state index in [4.69, 9.17) is 0 Å². The average Bonchev–Trinajstić information content (AvgIpc) is 3.21. The molecule has 0 amide bonds. The van der Waals surface area contributed by atoms with Gasteiger partial charge in [-0.15, -0.1) is 10.2 Å². The number of sulfonamides is 1. The van der Waals surface area contributed by atoms with Gasteiger partial charge in [0.15, 0.2) is 0 Å². The zero-order chi connectivity index (χ0) is 16.7. The number of H-pyrrole nitrogens is 1. The van der Waals surface area contributed by atoms with Crippen molar-refractivity contribution in [3.8, 4) is 0 Å². The highest BCUT2D eigenvalue weighted by molar-refractivity contribution is 7.89. The number of aromatic amines is 1. The summed E-state index contributed by atoms with van der Waals surface area (Å²) in [6.07, 6.45) is 6.53. The van der Waals surface area contributed by atoms with Crippen molar-refractivity contribution in [3.63, 3.8) is 0 Å². The second-order valence-electron chi connectivity index (χ2n) is 6.05. The summed E-state index contributed by atoms with van der Waals surface area (Å²) in [5, 5.41) is 8.67. The number of pyridine rings is 1. The van der Waals surface area contributed by atoms with Crippen LogP contribution in [0.25, 0.3) is 11.0 Å². The van der Waals surface area contributed by atoms with Gasteiger partial charge in [-0.25, -0.2) is 13.4 Å². The number of rotatable bonds is 3. The maximum atomic E-state index is 13.1. The molecular weight excluding hydrogens is 328 g/mol. The summed E-state index contributed by atoms with van der Waals surface area (Å²) in [6, 6.07) is 3.52. The van der Waals surface area contributed by atoms with Gasteiger partial charge in [0.05, 0.1) is 0 Å². The quantitative estimate of drug-likeness (QED) is 0.770. The molecule has 0 saturated carbocycles. The van der Waals surface area contributed by atoms with E-state index in [1.54, 1.807) is 29.0 Å². The van der Waals surface area contributed by atoms with Crippen LogP contribution in [-0.2, 0) is 17.1 Å². The third-order valence-electron chi connectivity index (χ3n) is 4.53. The standard InChI is InChI=1S/C15H18N6O2S/c1-20-10-18-19-15(20)11-4-3-7-21(9-11)24(22,23)13-8-17-14-12(13)5-2-6-16-14/h2,5-6,8,10-11H,3-4,7,9H2,1H3,(H,16,17). The van der Waals surface area contributed by atoms with Gasteiger partial charge in [0.2, 0.25) is 10.0 Å². The summed E-state index contributed by atoms with van der Waals surface area (Å²) >= 11 is 0. The van der Waals surface area contributed by atoms with E-state index in [1.807, 2.05) is 11.6 Å². The summed E-state index contributed by atoms with van der Waals surface area (Å²) in [5.41, 5.74) is 0.581. The fourth-order valence-corrected chi connectivity index (χ4v) is 4.99. The normalized spacial score (nSPS) is 19.8. The van der Waals surface area contributed by atoms with Crippen LogP contribution in [0.2, 0.25) is 0 Å². The molecule has 1 saturated heterocycles. The monoisotopic (exact) mass is 346 g/mol. The number of nitrogens with one attached hydrogen (secondary N) is 1. The van der Waals surface area contributed by atoms with Gasteiger partial charge >= 0.3 is 0 Å². The molecule has 0 bridgehead atoms. The van der Waals surface area contributed by atoms with Crippen molar-refractivity contribution in [3.05, 3.63) is 36.7 Å². The zero-order valence-corrected chi connectivity index (χ0v) is 14.1. The Morgan fingerprint density at radius 2 is 2.25 bits per heavy atom. The molecule has 3 aromatic heterocycles. The van der Waals surface area contributed by atoms with Gasteiger partial charge in [0, 0.05) is 43.8 Å². The number of aryl methyl sites for hydroxylation is 1. The van der Waals surface area contributed by atoms with Crippen molar-refractivity contribution in [1.82, 2.24) is 29.0 Å². The molecule has 0 spiro atoms. The minimum atomic E-state index is -3.58. The average molecular weight is 346 g/mol. The van der Waals surface area contributed by atoms with Crippen molar-refractivity contribution < 1.29 is 8.42 Å². The Labute approximate surface area is 139 Å². The third-order valence-corrected chi connectivity index (χ3v) is 6.43. The van der Waals surface area contributed by atoms with Crippen molar-refractivity contribution >= 4 is 21.1 Å². The summed E-state index contributed by atoms with van der Waals surface area (Å²) < 4.78 is 29.6. The molecule has 1 unspecified atom stereocenters. The fraction of sp³-hybridized carbons (Fsp3) is 0.400. The molecule has 4 rings (SSSR count). The second kappa shape index (κ2) is 5.67. The Balaban J connectivity index is 1.68. The summed E-state index contributed by atoms with van der Waals surface area (Å²) in [6.45, 7) is 0.936. The van der Waals surface area contributed by atoms with E-state index < -0.39 is 10.0 Å². The molecule has 24 heavy (non-hydrogen) atoms. The molecule has 3 aromatic rings. The Kier molecular flexibility index (Phi) is 3.61. The second-order valence-corrected chi connectivity index (χ2v) is 7.96. The zero-order valence-electron chi connectivity index (χ0n) is 13.3. The van der Waals surface area contributed by atoms with E-state index in [2.05, 4.69) is 20.2 Å². The minimum absolute atomic E-state index is 0.0596. The molecule has 1 aliphatic heterocycles. The Morgan fingerprint density at radius 3 is 3.04 bits per heavy atom. The van der Waals surface area contributed by atoms with Crippen molar-refractivity contribution in [1.29, 1.82) is 0 Å². The topological polar surface area (TPSA) is 96.8 Å². The predicted octanol–water partition coefficient (Wildman–Crippen LogP) is 1.26. The Bertz CT molecular complexity index is 977. The van der Waals surface area contributed by atoms with Gasteiger partial charge in [0.1, 0.15) is 22.7 Å². The van der Waals surface area contributed by atoms with E-state index in [1.165, 1.54) is 6.20 Å². The molecule has 1 N–H and O–H groups in total. The predicted molar refractivity (Wildman–Crippen MR) is 87.8 cm³/mol. The van der Waals surface area contributed by atoms with Crippen LogP contribution in [0.3, 0.4) is 0 Å². The maximum Gasteiger partial charge on any atom is 0.245 e. The maximum absolute atomic E-state index is 13.1. The van der Waals surface area contributed by atoms with Gasteiger partial charge in [-0.05, 0) is 25.0 Å². The number of piperidine rings is 1. The van der Waals surface area contributed by atoms with Gasteiger partial charge in [-0.3, -0.25) is 0 Å². The van der Waals surface area contributed by atoms with Gasteiger partial charge in [-0.2, -0.15) is 4.31 Å². The van der Waals surface area contributed by atoms with Crippen molar-refractivity contribution in [2.45, 2.75) is 23.7 Å². The van der Waals surface area contributed by atoms with Crippen LogP contribution >= 0.6 is 0 Å². The molecule has 9 heteroatoms. The van der Waals surface area contributed by atoms with E-state index in [0.29, 0.717) is 24.1 Å². The Hall–Kier alpha value is -2.26. The molecule has 1 fully saturated rings. The van der Waals surface area contributed by atoms with Crippen molar-refractivity contribution in [2.24, 2.45) is 7.05 Å². The molecule has 0 aromatic carbocycles. The van der Waals surface area contributed by atoms with Gasteiger partial charge in [-0.1, -0.05) is 0 Å². The lowest BCUT2D eigenvalue weighted by molar-refractivity contribution is 0.306. The molecule has 4 heterocycles. The first kappa shape index (κ1) is 15.3. The number of aromatic nitrogens is 5. The summed E-state index contributed by atoms with van der Waals surface area (Å²) in [7, 11) is -1.69. The third kappa shape index (κ3) is 2.40. The molecular formula is C15H18N6O2S. The van der Waals surface area contributed by atoms with E-state index in [9.17, 15) is 8.42 Å². The molecule has 1 atom stereocenters. The number of hydrogen-bond donors (Lipinski definition) is 1. The van der Waals surface area contributed by atoms with Crippen LogP contribution in [0, 0.1) is 0 Å². The highest BCUT2D eigenvalue weighted by atomic mass is 32.2. The van der Waals surface area contributed by atoms with Gasteiger partial charge in [0.25, 0.3) is 0 Å². The first-order chi connectivity index (χ1) is 11.6. The highest BCUT2D eigenvalue weighted by Crippen LogP contribution is 2.31. The van der Waals surface area contributed by atoms with Crippen LogP contribution in [0.1, 0.15) is 24.6 Å². The molecule has 8 nitrogen and oxygen atoms in total. The lowest BCUT2D eigenvalue weighted by Gasteiger charge is -2.31. The van der Waals surface area contributed by atoms with Crippen LogP contribution < -0.4 is 0 Å². The SMILES string of the molecule is Cn1cnnc1C1CCCN(S(=O)(=O)c2c[nH]c3ncccc23)C1. The van der Waals surface area contributed by atoms with E-state index in [-0.39, 0.29) is 10.8 Å². The molecule has 1 aliphatic rings. The molecule has 0 aliphatic carbocycles. The lowest BCUT2D eigenvalue weighted by Crippen LogP contribution is -2.39. The fourth-order valence-electron chi connectivity index (χ4n) is 3.32. The van der Waals surface area contributed by atoms with Gasteiger partial charge < -0.3 is 9.55 Å². The molecule has 126 valence electrons. The Morgan fingerprint density at radius 1 is 1.38 bits per heavy atom. The van der Waals surface area contributed by atoms with Crippen molar-refractivity contribution in [2.75, 3.05) is 13.1 Å². The van der Waals surface area contributed by atoms with Crippen LogP contribution in [0.15, 0.2) is 35.7 Å². The highest BCUT2D eigenvalue weighted by Gasteiger charge is 2.34. The van der Waals surface area contributed by atoms with Crippen LogP contribution in [-0.4, -0.2) is 50.5 Å². The summed E-state index contributed by atoms with van der Waals surface area (Å²) in [5.74, 6) is 0.889. The minimum Gasteiger partial charge on any atom is -0.345 e.